The van der Waals surface area contributed by atoms with E-state index in [0.29, 0.717) is 25.2 Å². The first-order valence-corrected chi connectivity index (χ1v) is 11.3. The molecular formula is C16H32N2O2S2. The summed E-state index contributed by atoms with van der Waals surface area (Å²) in [6, 6.07) is 1.10. The molecule has 0 aromatic heterocycles. The van der Waals surface area contributed by atoms with Gasteiger partial charge in [0.25, 0.3) is 0 Å². The van der Waals surface area contributed by atoms with Crippen molar-refractivity contribution in [3.8, 4) is 0 Å². The molecule has 2 aliphatic rings. The van der Waals surface area contributed by atoms with Crippen LogP contribution in [0, 0.1) is 11.8 Å². The van der Waals surface area contributed by atoms with Gasteiger partial charge in [0, 0.05) is 36.2 Å². The molecule has 0 aromatic rings. The SMILES string of the molecule is CC(C)CS(=O)(=O)N1CCC(N[C@H]2CS[C@H](C(C)C)C2)CC1. The van der Waals surface area contributed by atoms with Crippen molar-refractivity contribution in [3.05, 3.63) is 0 Å². The van der Waals surface area contributed by atoms with Gasteiger partial charge in [-0.25, -0.2) is 12.7 Å². The topological polar surface area (TPSA) is 49.4 Å². The number of nitrogens with zero attached hydrogens (tertiary/aromatic N) is 1. The molecule has 4 nitrogen and oxygen atoms in total. The average molecular weight is 349 g/mol. The minimum absolute atomic E-state index is 0.198. The average Bonchev–Trinajstić information content (AvgIpc) is 2.86. The van der Waals surface area contributed by atoms with Crippen molar-refractivity contribution in [1.29, 1.82) is 0 Å². The molecule has 2 rings (SSSR count). The van der Waals surface area contributed by atoms with E-state index >= 15 is 0 Å². The van der Waals surface area contributed by atoms with Crippen LogP contribution < -0.4 is 5.32 Å². The Morgan fingerprint density at radius 2 is 1.77 bits per heavy atom. The highest BCUT2D eigenvalue weighted by Crippen LogP contribution is 2.32. The molecule has 0 saturated carbocycles. The zero-order chi connectivity index (χ0) is 16.3. The van der Waals surface area contributed by atoms with Gasteiger partial charge in [0.15, 0.2) is 0 Å². The number of hydrogen-bond acceptors (Lipinski definition) is 4. The van der Waals surface area contributed by atoms with E-state index in [0.717, 1.165) is 24.0 Å². The lowest BCUT2D eigenvalue weighted by atomic mass is 10.0. The third-order valence-electron chi connectivity index (χ3n) is 4.63. The normalized spacial score (nSPS) is 28.8. The van der Waals surface area contributed by atoms with Crippen molar-refractivity contribution in [2.75, 3.05) is 24.6 Å². The fourth-order valence-electron chi connectivity index (χ4n) is 3.40. The van der Waals surface area contributed by atoms with Crippen LogP contribution in [0.5, 0.6) is 0 Å². The Morgan fingerprint density at radius 3 is 2.27 bits per heavy atom. The predicted octanol–water partition coefficient (Wildman–Crippen LogP) is 2.56. The van der Waals surface area contributed by atoms with Crippen LogP contribution in [-0.2, 0) is 10.0 Å². The molecule has 130 valence electrons. The van der Waals surface area contributed by atoms with E-state index in [2.05, 4.69) is 30.9 Å². The van der Waals surface area contributed by atoms with Crippen LogP contribution in [0.15, 0.2) is 0 Å². The molecular weight excluding hydrogens is 316 g/mol. The molecule has 2 atom stereocenters. The summed E-state index contributed by atoms with van der Waals surface area (Å²) in [5, 5.41) is 4.55. The van der Waals surface area contributed by atoms with Crippen molar-refractivity contribution < 1.29 is 8.42 Å². The van der Waals surface area contributed by atoms with Crippen LogP contribution in [0.25, 0.3) is 0 Å². The van der Waals surface area contributed by atoms with Crippen LogP contribution in [0.2, 0.25) is 0 Å². The lowest BCUT2D eigenvalue weighted by molar-refractivity contribution is 0.273. The fourth-order valence-corrected chi connectivity index (χ4v) is 6.68. The molecule has 2 aliphatic heterocycles. The van der Waals surface area contributed by atoms with Crippen molar-refractivity contribution in [2.24, 2.45) is 11.8 Å². The third kappa shape index (κ3) is 5.11. The minimum Gasteiger partial charge on any atom is -0.310 e. The van der Waals surface area contributed by atoms with Crippen molar-refractivity contribution in [1.82, 2.24) is 9.62 Å². The first-order valence-electron chi connectivity index (χ1n) is 8.63. The Bertz CT molecular complexity index is 443. The first kappa shape index (κ1) is 18.6. The smallest absolute Gasteiger partial charge is 0.214 e. The summed E-state index contributed by atoms with van der Waals surface area (Å²) < 4.78 is 26.2. The van der Waals surface area contributed by atoms with Gasteiger partial charge < -0.3 is 5.32 Å². The van der Waals surface area contributed by atoms with E-state index < -0.39 is 10.0 Å². The molecule has 6 heteroatoms. The standard InChI is InChI=1S/C16H32N2O2S2/c1-12(2)11-22(19,20)18-7-5-14(6-8-18)17-15-9-16(13(3)4)21-10-15/h12-17H,5-11H2,1-4H3/t15-,16+/m1/s1. The summed E-state index contributed by atoms with van der Waals surface area (Å²) in [5.41, 5.74) is 0. The van der Waals surface area contributed by atoms with Gasteiger partial charge in [0.1, 0.15) is 0 Å². The summed E-state index contributed by atoms with van der Waals surface area (Å²) in [4.78, 5) is 0. The van der Waals surface area contributed by atoms with Gasteiger partial charge >= 0.3 is 0 Å². The maximum atomic E-state index is 12.3. The molecule has 0 aliphatic carbocycles. The van der Waals surface area contributed by atoms with Crippen LogP contribution in [-0.4, -0.2) is 54.7 Å². The summed E-state index contributed by atoms with van der Waals surface area (Å²) >= 11 is 2.09. The predicted molar refractivity (Wildman–Crippen MR) is 95.8 cm³/mol. The van der Waals surface area contributed by atoms with Gasteiger partial charge in [-0.1, -0.05) is 27.7 Å². The Morgan fingerprint density at radius 1 is 1.14 bits per heavy atom. The lowest BCUT2D eigenvalue weighted by Crippen LogP contribution is -2.48. The summed E-state index contributed by atoms with van der Waals surface area (Å²) in [5.74, 6) is 2.43. The fraction of sp³-hybridized carbons (Fsp3) is 1.00. The van der Waals surface area contributed by atoms with Crippen LogP contribution in [0.1, 0.15) is 47.0 Å². The minimum atomic E-state index is -3.05. The van der Waals surface area contributed by atoms with E-state index in [9.17, 15) is 8.42 Å². The molecule has 0 aromatic carbocycles. The number of rotatable bonds is 6. The first-order chi connectivity index (χ1) is 10.3. The maximum absolute atomic E-state index is 12.3. The van der Waals surface area contributed by atoms with E-state index in [1.807, 2.05) is 13.8 Å². The lowest BCUT2D eigenvalue weighted by Gasteiger charge is -2.33. The van der Waals surface area contributed by atoms with E-state index in [1.54, 1.807) is 4.31 Å². The molecule has 0 amide bonds. The zero-order valence-corrected chi connectivity index (χ0v) is 16.0. The quantitative estimate of drug-likeness (QED) is 0.801. The molecule has 2 saturated heterocycles. The number of piperidine rings is 1. The number of thioether (sulfide) groups is 1. The number of nitrogens with one attached hydrogen (secondary N) is 1. The Kier molecular flexibility index (Phi) is 6.63. The number of sulfonamides is 1. The second kappa shape index (κ2) is 7.86. The Hall–Kier alpha value is 0.220. The molecule has 22 heavy (non-hydrogen) atoms. The van der Waals surface area contributed by atoms with Crippen molar-refractivity contribution >= 4 is 21.8 Å². The summed E-state index contributed by atoms with van der Waals surface area (Å²) in [6.07, 6.45) is 3.16. The molecule has 2 fully saturated rings. The van der Waals surface area contributed by atoms with Gasteiger partial charge in [-0.05, 0) is 31.1 Å². The van der Waals surface area contributed by atoms with Gasteiger partial charge in [0.05, 0.1) is 5.75 Å². The van der Waals surface area contributed by atoms with Crippen molar-refractivity contribution in [3.63, 3.8) is 0 Å². The van der Waals surface area contributed by atoms with E-state index in [1.165, 1.54) is 12.2 Å². The van der Waals surface area contributed by atoms with Gasteiger partial charge in [0.2, 0.25) is 10.0 Å². The summed E-state index contributed by atoms with van der Waals surface area (Å²) in [7, 11) is -3.05. The highest BCUT2D eigenvalue weighted by atomic mass is 32.2. The Labute approximate surface area is 140 Å². The molecule has 1 N–H and O–H groups in total. The van der Waals surface area contributed by atoms with Gasteiger partial charge in [-0.3, -0.25) is 0 Å². The van der Waals surface area contributed by atoms with Gasteiger partial charge in [-0.2, -0.15) is 11.8 Å². The van der Waals surface area contributed by atoms with Gasteiger partial charge in [-0.15, -0.1) is 0 Å². The second-order valence-electron chi connectivity index (χ2n) is 7.56. The van der Waals surface area contributed by atoms with E-state index in [4.69, 9.17) is 0 Å². The van der Waals surface area contributed by atoms with E-state index in [-0.39, 0.29) is 11.7 Å². The molecule has 2 heterocycles. The molecule has 0 radical (unpaired) electrons. The van der Waals surface area contributed by atoms with Crippen LogP contribution in [0.3, 0.4) is 0 Å². The molecule has 0 unspecified atom stereocenters. The third-order valence-corrected chi connectivity index (χ3v) is 8.63. The monoisotopic (exact) mass is 348 g/mol. The summed E-state index contributed by atoms with van der Waals surface area (Å²) in [6.45, 7) is 9.90. The largest absolute Gasteiger partial charge is 0.310 e. The van der Waals surface area contributed by atoms with Crippen molar-refractivity contribution in [2.45, 2.75) is 64.3 Å². The van der Waals surface area contributed by atoms with Crippen LogP contribution in [0.4, 0.5) is 0 Å². The maximum Gasteiger partial charge on any atom is 0.214 e. The highest BCUT2D eigenvalue weighted by Gasteiger charge is 2.32. The second-order valence-corrected chi connectivity index (χ2v) is 10.8. The molecule has 0 bridgehead atoms. The number of hydrogen-bond donors (Lipinski definition) is 1. The highest BCUT2D eigenvalue weighted by molar-refractivity contribution is 8.00. The molecule has 0 spiro atoms. The van der Waals surface area contributed by atoms with Crippen LogP contribution >= 0.6 is 11.8 Å². The Balaban J connectivity index is 1.76. The zero-order valence-electron chi connectivity index (χ0n) is 14.4.